The van der Waals surface area contributed by atoms with Gasteiger partial charge in [0.1, 0.15) is 5.75 Å². The van der Waals surface area contributed by atoms with Crippen molar-refractivity contribution >= 4 is 11.6 Å². The van der Waals surface area contributed by atoms with Crippen LogP contribution in [0, 0.1) is 5.92 Å². The van der Waals surface area contributed by atoms with Gasteiger partial charge in [-0.3, -0.25) is 4.79 Å². The second-order valence-electron chi connectivity index (χ2n) is 5.86. The number of ether oxygens (including phenoxy) is 1. The number of carbonyl (C=O) groups is 1. The summed E-state index contributed by atoms with van der Waals surface area (Å²) < 4.78 is 5.24. The van der Waals surface area contributed by atoms with Crippen molar-refractivity contribution in [2.45, 2.75) is 18.8 Å². The molecule has 0 saturated carbocycles. The van der Waals surface area contributed by atoms with E-state index in [2.05, 4.69) is 30.1 Å². The van der Waals surface area contributed by atoms with E-state index in [0.29, 0.717) is 6.42 Å². The van der Waals surface area contributed by atoms with E-state index < -0.39 is 0 Å². The maximum Gasteiger partial charge on any atom is 0.228 e. The van der Waals surface area contributed by atoms with Crippen LogP contribution in [0.5, 0.6) is 5.75 Å². The standard InChI is InChI=1S/C20H21NO2/c1-3-6-17-18(14-9-11-16(23-2)12-10-14)13-15-7-4-5-8-19(15)21-20(17)22/h3-5,7-12,17-18H,1,6,13H2,2H3,(H,21,22). The van der Waals surface area contributed by atoms with Crippen molar-refractivity contribution < 1.29 is 9.53 Å². The fourth-order valence-corrected chi connectivity index (χ4v) is 3.26. The lowest BCUT2D eigenvalue weighted by Crippen LogP contribution is -2.26. The molecule has 1 aliphatic rings. The molecule has 3 nitrogen and oxygen atoms in total. The summed E-state index contributed by atoms with van der Waals surface area (Å²) in [5.41, 5.74) is 3.25. The highest BCUT2D eigenvalue weighted by Crippen LogP contribution is 2.37. The molecule has 1 heterocycles. The van der Waals surface area contributed by atoms with Crippen molar-refractivity contribution in [2.75, 3.05) is 12.4 Å². The first-order valence-corrected chi connectivity index (χ1v) is 7.86. The summed E-state index contributed by atoms with van der Waals surface area (Å²) in [5, 5.41) is 3.07. The zero-order chi connectivity index (χ0) is 16.2. The van der Waals surface area contributed by atoms with Crippen molar-refractivity contribution in [3.8, 4) is 5.75 Å². The molecule has 1 amide bonds. The number of anilines is 1. The maximum atomic E-state index is 12.7. The Bertz CT molecular complexity index is 706. The first-order chi connectivity index (χ1) is 11.2. The van der Waals surface area contributed by atoms with E-state index in [0.717, 1.165) is 23.4 Å². The van der Waals surface area contributed by atoms with Gasteiger partial charge in [0.2, 0.25) is 5.91 Å². The summed E-state index contributed by atoms with van der Waals surface area (Å²) in [6.45, 7) is 3.82. The highest BCUT2D eigenvalue weighted by atomic mass is 16.5. The average Bonchev–Trinajstić information content (AvgIpc) is 2.72. The topological polar surface area (TPSA) is 38.3 Å². The Labute approximate surface area is 137 Å². The van der Waals surface area contributed by atoms with Gasteiger partial charge in [0, 0.05) is 11.6 Å². The molecule has 3 rings (SSSR count). The second-order valence-corrected chi connectivity index (χ2v) is 5.86. The largest absolute Gasteiger partial charge is 0.497 e. The van der Waals surface area contributed by atoms with E-state index in [1.807, 2.05) is 36.4 Å². The number of hydrogen-bond donors (Lipinski definition) is 1. The molecule has 3 heteroatoms. The number of hydrogen-bond acceptors (Lipinski definition) is 2. The van der Waals surface area contributed by atoms with E-state index in [1.54, 1.807) is 7.11 Å². The zero-order valence-corrected chi connectivity index (χ0v) is 13.3. The van der Waals surface area contributed by atoms with Crippen LogP contribution in [0.4, 0.5) is 5.69 Å². The Hall–Kier alpha value is -2.55. The molecule has 118 valence electrons. The van der Waals surface area contributed by atoms with E-state index >= 15 is 0 Å². The molecule has 1 N–H and O–H groups in total. The number of rotatable bonds is 4. The van der Waals surface area contributed by atoms with Crippen LogP contribution in [0.15, 0.2) is 61.2 Å². The highest BCUT2D eigenvalue weighted by Gasteiger charge is 2.32. The lowest BCUT2D eigenvalue weighted by Gasteiger charge is -2.23. The number of amides is 1. The molecule has 2 aromatic rings. The number of allylic oxidation sites excluding steroid dienone is 1. The number of nitrogens with one attached hydrogen (secondary N) is 1. The third kappa shape index (κ3) is 3.14. The minimum Gasteiger partial charge on any atom is -0.497 e. The third-order valence-corrected chi connectivity index (χ3v) is 4.50. The van der Waals surface area contributed by atoms with Crippen LogP contribution in [0.3, 0.4) is 0 Å². The van der Waals surface area contributed by atoms with Crippen LogP contribution < -0.4 is 10.1 Å². The molecule has 0 aliphatic carbocycles. The van der Waals surface area contributed by atoms with Gasteiger partial charge in [0.25, 0.3) is 0 Å². The van der Waals surface area contributed by atoms with Crippen LogP contribution in [0.1, 0.15) is 23.5 Å². The third-order valence-electron chi connectivity index (χ3n) is 4.50. The van der Waals surface area contributed by atoms with Gasteiger partial charge in [-0.1, -0.05) is 36.4 Å². The van der Waals surface area contributed by atoms with Crippen LogP contribution in [0.2, 0.25) is 0 Å². The van der Waals surface area contributed by atoms with Gasteiger partial charge in [-0.05, 0) is 48.1 Å². The molecular weight excluding hydrogens is 286 g/mol. The van der Waals surface area contributed by atoms with Gasteiger partial charge in [-0.25, -0.2) is 0 Å². The highest BCUT2D eigenvalue weighted by molar-refractivity contribution is 5.95. The molecule has 0 bridgehead atoms. The normalized spacial score (nSPS) is 20.1. The molecular formula is C20H21NO2. The Morgan fingerprint density at radius 1 is 1.22 bits per heavy atom. The predicted octanol–water partition coefficient (Wildman–Crippen LogP) is 4.17. The lowest BCUT2D eigenvalue weighted by molar-refractivity contribution is -0.120. The fourth-order valence-electron chi connectivity index (χ4n) is 3.26. The quantitative estimate of drug-likeness (QED) is 0.861. The Kier molecular flexibility index (Phi) is 4.47. The van der Waals surface area contributed by atoms with Crippen molar-refractivity contribution in [3.05, 3.63) is 72.3 Å². The maximum absolute atomic E-state index is 12.7. The number of methoxy groups -OCH3 is 1. The van der Waals surface area contributed by atoms with Crippen molar-refractivity contribution in [1.29, 1.82) is 0 Å². The van der Waals surface area contributed by atoms with E-state index in [-0.39, 0.29) is 17.7 Å². The van der Waals surface area contributed by atoms with Gasteiger partial charge >= 0.3 is 0 Å². The monoisotopic (exact) mass is 307 g/mol. The van der Waals surface area contributed by atoms with Crippen LogP contribution >= 0.6 is 0 Å². The summed E-state index contributed by atoms with van der Waals surface area (Å²) in [6.07, 6.45) is 3.33. The summed E-state index contributed by atoms with van der Waals surface area (Å²) in [4.78, 5) is 12.7. The number of benzene rings is 2. The average molecular weight is 307 g/mol. The van der Waals surface area contributed by atoms with Gasteiger partial charge in [-0.2, -0.15) is 0 Å². The number of carbonyl (C=O) groups excluding carboxylic acids is 1. The van der Waals surface area contributed by atoms with E-state index in [9.17, 15) is 4.79 Å². The van der Waals surface area contributed by atoms with Gasteiger partial charge in [0.05, 0.1) is 7.11 Å². The Morgan fingerprint density at radius 3 is 2.65 bits per heavy atom. The number of fused-ring (bicyclic) bond motifs is 1. The minimum atomic E-state index is -0.117. The lowest BCUT2D eigenvalue weighted by atomic mass is 9.80. The summed E-state index contributed by atoms with van der Waals surface area (Å²) in [5.74, 6) is 0.902. The van der Waals surface area contributed by atoms with Crippen LogP contribution in [0.25, 0.3) is 0 Å². The summed E-state index contributed by atoms with van der Waals surface area (Å²) in [7, 11) is 1.66. The molecule has 2 unspecified atom stereocenters. The molecule has 0 saturated heterocycles. The first-order valence-electron chi connectivity index (χ1n) is 7.86. The molecule has 0 spiro atoms. The predicted molar refractivity (Wildman–Crippen MR) is 92.8 cm³/mol. The van der Waals surface area contributed by atoms with Crippen LogP contribution in [-0.2, 0) is 11.2 Å². The molecule has 0 aromatic heterocycles. The molecule has 0 fully saturated rings. The van der Waals surface area contributed by atoms with Gasteiger partial charge in [0.15, 0.2) is 0 Å². The van der Waals surface area contributed by atoms with Gasteiger partial charge < -0.3 is 10.1 Å². The van der Waals surface area contributed by atoms with Gasteiger partial charge in [-0.15, -0.1) is 6.58 Å². The van der Waals surface area contributed by atoms with E-state index in [4.69, 9.17) is 4.74 Å². The SMILES string of the molecule is C=CCC1C(=O)Nc2ccccc2CC1c1ccc(OC)cc1. The molecule has 2 aromatic carbocycles. The second kappa shape index (κ2) is 6.69. The molecule has 2 atom stereocenters. The Balaban J connectivity index is 2.01. The summed E-state index contributed by atoms with van der Waals surface area (Å²) >= 11 is 0. The number of para-hydroxylation sites is 1. The molecule has 1 aliphatic heterocycles. The minimum absolute atomic E-state index is 0.0654. The molecule has 23 heavy (non-hydrogen) atoms. The van der Waals surface area contributed by atoms with Crippen molar-refractivity contribution in [1.82, 2.24) is 0 Å². The van der Waals surface area contributed by atoms with Crippen LogP contribution in [-0.4, -0.2) is 13.0 Å². The smallest absolute Gasteiger partial charge is 0.228 e. The fraction of sp³-hybridized carbons (Fsp3) is 0.250. The van der Waals surface area contributed by atoms with E-state index in [1.165, 1.54) is 5.56 Å². The zero-order valence-electron chi connectivity index (χ0n) is 13.3. The van der Waals surface area contributed by atoms with Crippen molar-refractivity contribution in [3.63, 3.8) is 0 Å². The first kappa shape index (κ1) is 15.3. The summed E-state index contributed by atoms with van der Waals surface area (Å²) in [6, 6.07) is 16.0. The van der Waals surface area contributed by atoms with Crippen molar-refractivity contribution in [2.24, 2.45) is 5.92 Å². The Morgan fingerprint density at radius 2 is 1.96 bits per heavy atom. The molecule has 0 radical (unpaired) electrons.